The predicted octanol–water partition coefficient (Wildman–Crippen LogP) is 1.64. The van der Waals surface area contributed by atoms with Gasteiger partial charge in [-0.2, -0.15) is 0 Å². The van der Waals surface area contributed by atoms with Gasteiger partial charge < -0.3 is 5.11 Å². The minimum atomic E-state index is -1.65. The van der Waals surface area contributed by atoms with Gasteiger partial charge in [0.25, 0.3) is 0 Å². The summed E-state index contributed by atoms with van der Waals surface area (Å²) in [5, 5.41) is 8.38. The third kappa shape index (κ3) is 1.64. The maximum atomic E-state index is 12.8. The van der Waals surface area contributed by atoms with E-state index < -0.39 is 23.2 Å². The minimum absolute atomic E-state index is 0.0278. The highest BCUT2D eigenvalue weighted by Crippen LogP contribution is 2.14. The molecular formula is C9H4F2O2. The number of benzene rings is 1. The molecule has 66 valence electrons. The molecule has 0 fully saturated rings. The van der Waals surface area contributed by atoms with Crippen molar-refractivity contribution in [2.24, 2.45) is 0 Å². The molecule has 0 amide bonds. The number of rotatable bonds is 1. The topological polar surface area (TPSA) is 37.3 Å². The summed E-state index contributed by atoms with van der Waals surface area (Å²) in [7, 11) is 0. The highest BCUT2D eigenvalue weighted by Gasteiger charge is 2.16. The van der Waals surface area contributed by atoms with Crippen molar-refractivity contribution in [1.29, 1.82) is 0 Å². The first-order valence-electron chi connectivity index (χ1n) is 3.25. The molecule has 4 heteroatoms. The largest absolute Gasteiger partial charge is 0.477 e. The molecule has 0 bridgehead atoms. The number of terminal acetylenes is 1. The first-order chi connectivity index (χ1) is 6.06. The monoisotopic (exact) mass is 182 g/mol. The Hall–Kier alpha value is -1.89. The molecule has 0 aliphatic heterocycles. The van der Waals surface area contributed by atoms with E-state index in [1.165, 1.54) is 0 Å². The van der Waals surface area contributed by atoms with Crippen LogP contribution in [0.4, 0.5) is 8.78 Å². The Balaban J connectivity index is 3.42. The molecule has 0 aliphatic carbocycles. The molecule has 13 heavy (non-hydrogen) atoms. The molecule has 0 radical (unpaired) electrons. The molecule has 0 aliphatic rings. The SMILES string of the molecule is C#Cc1cc(F)c(C(=O)O)c(F)c1. The number of hydrogen-bond acceptors (Lipinski definition) is 1. The van der Waals surface area contributed by atoms with Gasteiger partial charge in [-0.15, -0.1) is 6.42 Å². The van der Waals surface area contributed by atoms with E-state index in [-0.39, 0.29) is 5.56 Å². The summed E-state index contributed by atoms with van der Waals surface area (Å²) < 4.78 is 25.7. The summed E-state index contributed by atoms with van der Waals surface area (Å²) in [6.45, 7) is 0. The van der Waals surface area contributed by atoms with E-state index in [1.54, 1.807) is 0 Å². The molecule has 0 saturated heterocycles. The zero-order chi connectivity index (χ0) is 10.0. The summed E-state index contributed by atoms with van der Waals surface area (Å²) in [5.41, 5.74) is -1.01. The minimum Gasteiger partial charge on any atom is -0.477 e. The standard InChI is InChI=1S/C9H4F2O2/c1-2-5-3-6(10)8(9(12)13)7(11)4-5/h1,3-4H,(H,12,13). The number of aromatic carboxylic acids is 1. The molecule has 1 aromatic carbocycles. The van der Waals surface area contributed by atoms with Crippen LogP contribution in [0.15, 0.2) is 12.1 Å². The average molecular weight is 182 g/mol. The molecule has 0 heterocycles. The van der Waals surface area contributed by atoms with Gasteiger partial charge in [0.15, 0.2) is 0 Å². The van der Waals surface area contributed by atoms with Crippen molar-refractivity contribution in [3.05, 3.63) is 34.9 Å². The van der Waals surface area contributed by atoms with Crippen molar-refractivity contribution in [1.82, 2.24) is 0 Å². The summed E-state index contributed by atoms with van der Waals surface area (Å²) in [6.07, 6.45) is 4.88. The van der Waals surface area contributed by atoms with Crippen molar-refractivity contribution in [3.63, 3.8) is 0 Å². The number of hydrogen-bond donors (Lipinski definition) is 1. The van der Waals surface area contributed by atoms with Crippen LogP contribution >= 0.6 is 0 Å². The molecule has 0 spiro atoms. The van der Waals surface area contributed by atoms with Crippen LogP contribution in [0.5, 0.6) is 0 Å². The Morgan fingerprint density at radius 1 is 1.38 bits per heavy atom. The lowest BCUT2D eigenvalue weighted by Gasteiger charge is -1.99. The van der Waals surface area contributed by atoms with E-state index in [0.717, 1.165) is 12.1 Å². The van der Waals surface area contributed by atoms with E-state index in [2.05, 4.69) is 0 Å². The second-order valence-electron chi connectivity index (χ2n) is 2.26. The zero-order valence-corrected chi connectivity index (χ0v) is 6.34. The summed E-state index contributed by atoms with van der Waals surface area (Å²) in [4.78, 5) is 10.3. The smallest absolute Gasteiger partial charge is 0.341 e. The first-order valence-corrected chi connectivity index (χ1v) is 3.25. The van der Waals surface area contributed by atoms with E-state index in [4.69, 9.17) is 11.5 Å². The van der Waals surface area contributed by atoms with Crippen molar-refractivity contribution in [2.75, 3.05) is 0 Å². The fourth-order valence-corrected chi connectivity index (χ4v) is 0.861. The quantitative estimate of drug-likeness (QED) is 0.670. The van der Waals surface area contributed by atoms with Gasteiger partial charge in [-0.3, -0.25) is 0 Å². The lowest BCUT2D eigenvalue weighted by atomic mass is 10.1. The van der Waals surface area contributed by atoms with Gasteiger partial charge >= 0.3 is 5.97 Å². The van der Waals surface area contributed by atoms with E-state index in [1.807, 2.05) is 5.92 Å². The van der Waals surface area contributed by atoms with Crippen LogP contribution in [-0.2, 0) is 0 Å². The van der Waals surface area contributed by atoms with Crippen LogP contribution in [0.3, 0.4) is 0 Å². The van der Waals surface area contributed by atoms with Crippen molar-refractivity contribution < 1.29 is 18.7 Å². The molecule has 0 saturated carbocycles. The summed E-state index contributed by atoms with van der Waals surface area (Å²) >= 11 is 0. The van der Waals surface area contributed by atoms with Gasteiger partial charge in [0.1, 0.15) is 17.2 Å². The molecule has 1 N–H and O–H groups in total. The third-order valence-corrected chi connectivity index (χ3v) is 1.42. The number of carbonyl (C=O) groups is 1. The van der Waals surface area contributed by atoms with E-state index in [0.29, 0.717) is 0 Å². The first kappa shape index (κ1) is 9.20. The van der Waals surface area contributed by atoms with Crippen LogP contribution in [0.1, 0.15) is 15.9 Å². The molecule has 0 atom stereocenters. The fraction of sp³-hybridized carbons (Fsp3) is 0. The maximum Gasteiger partial charge on any atom is 0.341 e. The lowest BCUT2D eigenvalue weighted by Crippen LogP contribution is -2.04. The summed E-state index contributed by atoms with van der Waals surface area (Å²) in [6, 6.07) is 1.60. The van der Waals surface area contributed by atoms with Gasteiger partial charge in [-0.1, -0.05) is 5.92 Å². The summed E-state index contributed by atoms with van der Waals surface area (Å²) in [5.74, 6) is -1.98. The molecule has 1 rings (SSSR count). The fourth-order valence-electron chi connectivity index (χ4n) is 0.861. The third-order valence-electron chi connectivity index (χ3n) is 1.42. The molecule has 0 aromatic heterocycles. The van der Waals surface area contributed by atoms with Crippen LogP contribution in [0, 0.1) is 24.0 Å². The Labute approximate surface area is 72.8 Å². The molecular weight excluding hydrogens is 178 g/mol. The van der Waals surface area contributed by atoms with Gasteiger partial charge in [0.05, 0.1) is 0 Å². The normalized spacial score (nSPS) is 9.31. The Kier molecular flexibility index (Phi) is 2.29. The van der Waals surface area contributed by atoms with E-state index in [9.17, 15) is 13.6 Å². The highest BCUT2D eigenvalue weighted by molar-refractivity contribution is 5.88. The lowest BCUT2D eigenvalue weighted by molar-refractivity contribution is 0.0686. The van der Waals surface area contributed by atoms with Gasteiger partial charge in [0, 0.05) is 5.56 Å². The van der Waals surface area contributed by atoms with Crippen molar-refractivity contribution in [2.45, 2.75) is 0 Å². The zero-order valence-electron chi connectivity index (χ0n) is 6.34. The van der Waals surface area contributed by atoms with Crippen molar-refractivity contribution in [3.8, 4) is 12.3 Å². The van der Waals surface area contributed by atoms with Crippen LogP contribution in [-0.4, -0.2) is 11.1 Å². The Bertz CT molecular complexity index is 382. The molecule has 2 nitrogen and oxygen atoms in total. The molecule has 1 aromatic rings. The number of carboxylic acid groups (broad SMARTS) is 1. The maximum absolute atomic E-state index is 12.8. The van der Waals surface area contributed by atoms with Crippen LogP contribution in [0.25, 0.3) is 0 Å². The van der Waals surface area contributed by atoms with Crippen LogP contribution in [0.2, 0.25) is 0 Å². The number of halogens is 2. The number of carboxylic acids is 1. The van der Waals surface area contributed by atoms with E-state index >= 15 is 0 Å². The predicted molar refractivity (Wildman–Crippen MR) is 41.3 cm³/mol. The second kappa shape index (κ2) is 3.23. The Morgan fingerprint density at radius 3 is 2.15 bits per heavy atom. The van der Waals surface area contributed by atoms with Crippen molar-refractivity contribution >= 4 is 5.97 Å². The van der Waals surface area contributed by atoms with Gasteiger partial charge in [-0.05, 0) is 12.1 Å². The van der Waals surface area contributed by atoms with Gasteiger partial charge in [-0.25, -0.2) is 13.6 Å². The van der Waals surface area contributed by atoms with Crippen LogP contribution < -0.4 is 0 Å². The highest BCUT2D eigenvalue weighted by atomic mass is 19.1. The van der Waals surface area contributed by atoms with Gasteiger partial charge in [0.2, 0.25) is 0 Å². The Morgan fingerprint density at radius 2 is 1.85 bits per heavy atom. The average Bonchev–Trinajstić information content (AvgIpc) is 2.02. The second-order valence-corrected chi connectivity index (χ2v) is 2.26. The molecule has 0 unspecified atom stereocenters.